The van der Waals surface area contributed by atoms with Crippen molar-refractivity contribution in [3.05, 3.63) is 34.1 Å². The average molecular weight is 257 g/mol. The molecular weight excluding hydrogens is 243 g/mol. The van der Waals surface area contributed by atoms with Crippen LogP contribution in [-0.2, 0) is 0 Å². The van der Waals surface area contributed by atoms with Gasteiger partial charge in [-0.25, -0.2) is 9.18 Å². The molecule has 0 spiro atoms. The zero-order valence-electron chi connectivity index (χ0n) is 9.76. The summed E-state index contributed by atoms with van der Waals surface area (Å²) in [5.41, 5.74) is 1.15. The Morgan fingerprint density at radius 2 is 2.29 bits per heavy atom. The lowest BCUT2D eigenvalue weighted by Gasteiger charge is -2.13. The van der Waals surface area contributed by atoms with Crippen molar-refractivity contribution in [2.24, 2.45) is 0 Å². The van der Waals surface area contributed by atoms with Gasteiger partial charge in [0.2, 0.25) is 0 Å². The smallest absolute Gasteiger partial charge is 0.318 e. The van der Waals surface area contributed by atoms with Gasteiger partial charge in [0.15, 0.2) is 0 Å². The van der Waals surface area contributed by atoms with Crippen LogP contribution in [0.3, 0.4) is 0 Å². The van der Waals surface area contributed by atoms with E-state index in [9.17, 15) is 9.18 Å². The van der Waals surface area contributed by atoms with E-state index in [1.165, 1.54) is 6.07 Å². The second-order valence-corrected chi connectivity index (χ2v) is 4.57. The molecule has 1 aromatic carbocycles. The number of nitrogens with zero attached hydrogens (tertiary/aromatic N) is 1. The SMILES string of the molecule is CCN1CC(c2cc(F)c(C)cc2Cl)NC1=O. The van der Waals surface area contributed by atoms with Gasteiger partial charge in [-0.1, -0.05) is 11.6 Å². The van der Waals surface area contributed by atoms with Crippen LogP contribution in [0.2, 0.25) is 5.02 Å². The summed E-state index contributed by atoms with van der Waals surface area (Å²) in [6.45, 7) is 4.72. The highest BCUT2D eigenvalue weighted by molar-refractivity contribution is 6.31. The van der Waals surface area contributed by atoms with Gasteiger partial charge in [-0.15, -0.1) is 0 Å². The summed E-state index contributed by atoms with van der Waals surface area (Å²) in [4.78, 5) is 13.2. The van der Waals surface area contributed by atoms with Crippen molar-refractivity contribution in [1.82, 2.24) is 10.2 Å². The molecule has 1 fully saturated rings. The molecule has 1 atom stereocenters. The van der Waals surface area contributed by atoms with Gasteiger partial charge < -0.3 is 10.2 Å². The van der Waals surface area contributed by atoms with E-state index in [-0.39, 0.29) is 17.9 Å². The molecule has 2 rings (SSSR count). The summed E-state index contributed by atoms with van der Waals surface area (Å²) >= 11 is 6.08. The first-order valence-electron chi connectivity index (χ1n) is 5.54. The molecule has 0 saturated carbocycles. The minimum atomic E-state index is -0.298. The Kier molecular flexibility index (Phi) is 3.24. The quantitative estimate of drug-likeness (QED) is 0.867. The summed E-state index contributed by atoms with van der Waals surface area (Å²) in [7, 11) is 0. The third-order valence-electron chi connectivity index (χ3n) is 3.02. The summed E-state index contributed by atoms with van der Waals surface area (Å²) in [5, 5.41) is 3.29. The van der Waals surface area contributed by atoms with Crippen LogP contribution in [0.25, 0.3) is 0 Å². The van der Waals surface area contributed by atoms with E-state index in [0.717, 1.165) is 0 Å². The zero-order chi connectivity index (χ0) is 12.6. The van der Waals surface area contributed by atoms with Crippen LogP contribution >= 0.6 is 11.6 Å². The number of likely N-dealkylation sites (N-methyl/N-ethyl adjacent to an activating group) is 1. The number of aryl methyl sites for hydroxylation is 1. The van der Waals surface area contributed by atoms with E-state index < -0.39 is 0 Å². The largest absolute Gasteiger partial charge is 0.329 e. The van der Waals surface area contributed by atoms with E-state index in [0.29, 0.717) is 29.2 Å². The molecule has 0 aromatic heterocycles. The predicted molar refractivity (Wildman–Crippen MR) is 64.7 cm³/mol. The molecule has 3 nitrogen and oxygen atoms in total. The summed E-state index contributed by atoms with van der Waals surface area (Å²) in [6.07, 6.45) is 0. The predicted octanol–water partition coefficient (Wildman–Crippen LogP) is 2.87. The fourth-order valence-electron chi connectivity index (χ4n) is 1.97. The molecule has 1 aliphatic rings. The van der Waals surface area contributed by atoms with E-state index in [1.807, 2.05) is 6.92 Å². The molecule has 1 N–H and O–H groups in total. The van der Waals surface area contributed by atoms with Crippen molar-refractivity contribution >= 4 is 17.6 Å². The number of hydrogen-bond acceptors (Lipinski definition) is 1. The molecule has 1 aromatic rings. The Morgan fingerprint density at radius 3 is 2.88 bits per heavy atom. The van der Waals surface area contributed by atoms with Crippen molar-refractivity contribution in [2.45, 2.75) is 19.9 Å². The molecule has 2 amide bonds. The molecule has 5 heteroatoms. The van der Waals surface area contributed by atoms with E-state index in [2.05, 4.69) is 5.32 Å². The Balaban J connectivity index is 2.30. The maximum atomic E-state index is 13.5. The van der Waals surface area contributed by atoms with Gasteiger partial charge in [-0.2, -0.15) is 0 Å². The highest BCUT2D eigenvalue weighted by atomic mass is 35.5. The highest BCUT2D eigenvalue weighted by Crippen LogP contribution is 2.29. The maximum absolute atomic E-state index is 13.5. The van der Waals surface area contributed by atoms with Crippen molar-refractivity contribution in [1.29, 1.82) is 0 Å². The highest BCUT2D eigenvalue weighted by Gasteiger charge is 2.30. The maximum Gasteiger partial charge on any atom is 0.318 e. The topological polar surface area (TPSA) is 32.3 Å². The summed E-state index contributed by atoms with van der Waals surface area (Å²) in [6, 6.07) is 2.63. The van der Waals surface area contributed by atoms with E-state index in [1.54, 1.807) is 17.9 Å². The lowest BCUT2D eigenvalue weighted by molar-refractivity contribution is 0.219. The third-order valence-corrected chi connectivity index (χ3v) is 3.35. The molecule has 0 radical (unpaired) electrons. The zero-order valence-corrected chi connectivity index (χ0v) is 10.5. The Hall–Kier alpha value is -1.29. The van der Waals surface area contributed by atoms with Crippen LogP contribution in [-0.4, -0.2) is 24.0 Å². The molecule has 0 bridgehead atoms. The average Bonchev–Trinajstić information content (AvgIpc) is 2.65. The number of halogens is 2. The third kappa shape index (κ3) is 2.22. The van der Waals surface area contributed by atoms with Gasteiger partial charge in [-0.05, 0) is 37.1 Å². The Bertz CT molecular complexity index is 464. The Morgan fingerprint density at radius 1 is 1.59 bits per heavy atom. The van der Waals surface area contributed by atoms with Crippen molar-refractivity contribution < 1.29 is 9.18 Å². The molecular formula is C12H14ClFN2O. The van der Waals surface area contributed by atoms with Crippen LogP contribution in [0.4, 0.5) is 9.18 Å². The molecule has 1 aliphatic heterocycles. The second kappa shape index (κ2) is 4.53. The van der Waals surface area contributed by atoms with Crippen LogP contribution in [0.5, 0.6) is 0 Å². The van der Waals surface area contributed by atoms with Crippen molar-refractivity contribution in [2.75, 3.05) is 13.1 Å². The summed E-state index contributed by atoms with van der Waals surface area (Å²) < 4.78 is 13.5. The van der Waals surface area contributed by atoms with Gasteiger partial charge in [0.05, 0.1) is 6.04 Å². The first-order chi connectivity index (χ1) is 8.02. The number of carbonyl (C=O) groups is 1. The fraction of sp³-hybridized carbons (Fsp3) is 0.417. The molecule has 0 aliphatic carbocycles. The number of rotatable bonds is 2. The van der Waals surface area contributed by atoms with Crippen LogP contribution < -0.4 is 5.32 Å². The molecule has 1 heterocycles. The molecule has 1 unspecified atom stereocenters. The van der Waals surface area contributed by atoms with Crippen molar-refractivity contribution in [3.8, 4) is 0 Å². The number of hydrogen-bond donors (Lipinski definition) is 1. The lowest BCUT2D eigenvalue weighted by Crippen LogP contribution is -2.27. The van der Waals surface area contributed by atoms with Gasteiger partial charge in [0, 0.05) is 18.1 Å². The number of amides is 2. The van der Waals surface area contributed by atoms with Crippen LogP contribution in [0.15, 0.2) is 12.1 Å². The molecule has 1 saturated heterocycles. The van der Waals surface area contributed by atoms with Crippen LogP contribution in [0.1, 0.15) is 24.1 Å². The van der Waals surface area contributed by atoms with Gasteiger partial charge in [0.25, 0.3) is 0 Å². The Labute approximate surface area is 105 Å². The minimum absolute atomic E-state index is 0.130. The molecule has 92 valence electrons. The van der Waals surface area contributed by atoms with Crippen LogP contribution in [0, 0.1) is 12.7 Å². The van der Waals surface area contributed by atoms with Gasteiger partial charge in [-0.3, -0.25) is 0 Å². The number of nitrogens with one attached hydrogen (secondary N) is 1. The van der Waals surface area contributed by atoms with Crippen molar-refractivity contribution in [3.63, 3.8) is 0 Å². The standard InChI is InChI=1S/C12H14ClFN2O/c1-3-16-6-11(15-12(16)17)8-5-10(14)7(2)4-9(8)13/h4-5,11H,3,6H2,1-2H3,(H,15,17). The minimum Gasteiger partial charge on any atom is -0.329 e. The van der Waals surface area contributed by atoms with E-state index >= 15 is 0 Å². The second-order valence-electron chi connectivity index (χ2n) is 4.16. The van der Waals surface area contributed by atoms with E-state index in [4.69, 9.17) is 11.6 Å². The normalized spacial score (nSPS) is 19.6. The monoisotopic (exact) mass is 256 g/mol. The molecule has 17 heavy (non-hydrogen) atoms. The number of carbonyl (C=O) groups excluding carboxylic acids is 1. The fourth-order valence-corrected chi connectivity index (χ4v) is 2.32. The first-order valence-corrected chi connectivity index (χ1v) is 5.91. The number of urea groups is 1. The van der Waals surface area contributed by atoms with Gasteiger partial charge >= 0.3 is 6.03 Å². The number of benzene rings is 1. The first kappa shape index (κ1) is 12.2. The van der Waals surface area contributed by atoms with Gasteiger partial charge in [0.1, 0.15) is 5.82 Å². The summed E-state index contributed by atoms with van der Waals surface area (Å²) in [5.74, 6) is -0.298. The lowest BCUT2D eigenvalue weighted by atomic mass is 10.1.